The van der Waals surface area contributed by atoms with Crippen LogP contribution in [-0.4, -0.2) is 50.2 Å². The van der Waals surface area contributed by atoms with Gasteiger partial charge in [0, 0.05) is 6.04 Å². The van der Waals surface area contributed by atoms with Gasteiger partial charge in [0.05, 0.1) is 0 Å². The molecule has 0 aromatic rings. The maximum Gasteiger partial charge on any atom is 0.00945 e. The zero-order valence-corrected chi connectivity index (χ0v) is 11.5. The van der Waals surface area contributed by atoms with Crippen LogP contribution in [0.25, 0.3) is 0 Å². The summed E-state index contributed by atoms with van der Waals surface area (Å²) in [6, 6.07) is 0.289. The second-order valence-corrected chi connectivity index (χ2v) is 5.13. The fourth-order valence-electron chi connectivity index (χ4n) is 2.82. The summed E-state index contributed by atoms with van der Waals surface area (Å²) >= 11 is 0. The third kappa shape index (κ3) is 4.54. The number of rotatable bonds is 7. The third-order valence-corrected chi connectivity index (χ3v) is 4.20. The van der Waals surface area contributed by atoms with Crippen LogP contribution in [0.2, 0.25) is 0 Å². The van der Waals surface area contributed by atoms with Crippen LogP contribution in [0.4, 0.5) is 0 Å². The van der Waals surface area contributed by atoms with Crippen molar-refractivity contribution in [3.8, 4) is 0 Å². The highest BCUT2D eigenvalue weighted by Crippen LogP contribution is 2.22. The lowest BCUT2D eigenvalue weighted by molar-refractivity contribution is 0.199. The lowest BCUT2D eigenvalue weighted by Crippen LogP contribution is -2.49. The van der Waals surface area contributed by atoms with E-state index in [1.807, 2.05) is 0 Å². The van der Waals surface area contributed by atoms with E-state index in [9.17, 15) is 0 Å². The minimum absolute atomic E-state index is 0.289. The molecule has 1 saturated heterocycles. The molecule has 0 aliphatic carbocycles. The highest BCUT2D eigenvalue weighted by molar-refractivity contribution is 4.86. The van der Waals surface area contributed by atoms with Crippen molar-refractivity contribution in [3.63, 3.8) is 0 Å². The van der Waals surface area contributed by atoms with Crippen molar-refractivity contribution < 1.29 is 0 Å². The molecule has 4 nitrogen and oxygen atoms in total. The number of hydrogen-bond donors (Lipinski definition) is 3. The maximum absolute atomic E-state index is 6.35. The van der Waals surface area contributed by atoms with Crippen LogP contribution in [0, 0.1) is 11.8 Å². The van der Waals surface area contributed by atoms with E-state index in [-0.39, 0.29) is 6.04 Å². The van der Waals surface area contributed by atoms with E-state index in [1.165, 1.54) is 6.42 Å². The first kappa shape index (κ1) is 14.9. The number of hydrogen-bond acceptors (Lipinski definition) is 4. The van der Waals surface area contributed by atoms with Crippen LogP contribution >= 0.6 is 0 Å². The molecule has 0 saturated carbocycles. The minimum Gasteiger partial charge on any atom is -0.330 e. The third-order valence-electron chi connectivity index (χ3n) is 4.20. The van der Waals surface area contributed by atoms with Crippen molar-refractivity contribution in [1.82, 2.24) is 10.2 Å². The molecule has 4 heteroatoms. The quantitative estimate of drug-likeness (QED) is 0.598. The molecule has 0 aromatic heterocycles. The minimum atomic E-state index is 0.289. The highest BCUT2D eigenvalue weighted by Gasteiger charge is 2.28. The summed E-state index contributed by atoms with van der Waals surface area (Å²) in [7, 11) is 0. The Morgan fingerprint density at radius 2 is 2.06 bits per heavy atom. The van der Waals surface area contributed by atoms with Gasteiger partial charge in [0.2, 0.25) is 0 Å². The van der Waals surface area contributed by atoms with Gasteiger partial charge in [-0.1, -0.05) is 13.8 Å². The lowest BCUT2D eigenvalue weighted by atomic mass is 9.80. The highest BCUT2D eigenvalue weighted by atomic mass is 15.1. The van der Waals surface area contributed by atoms with Crippen molar-refractivity contribution in [2.24, 2.45) is 23.3 Å². The average molecular weight is 242 g/mol. The predicted octanol–water partition coefficient (Wildman–Crippen LogP) is 0.230. The molecule has 1 heterocycles. The number of nitrogens with one attached hydrogen (secondary N) is 1. The molecule has 3 unspecified atom stereocenters. The summed E-state index contributed by atoms with van der Waals surface area (Å²) in [6.07, 6.45) is 2.27. The smallest absolute Gasteiger partial charge is 0.00945 e. The van der Waals surface area contributed by atoms with Crippen molar-refractivity contribution in [1.29, 1.82) is 0 Å². The first-order valence-electron chi connectivity index (χ1n) is 7.11. The first-order valence-corrected chi connectivity index (χ1v) is 7.11. The monoisotopic (exact) mass is 242 g/mol. The predicted molar refractivity (Wildman–Crippen MR) is 73.9 cm³/mol. The number of nitrogens with zero attached hydrogens (tertiary/aromatic N) is 1. The standard InChI is InChI=1S/C13H30N4/c1-3-17(4-2)8-6-13(15)12-10-16-7-5-11(12)9-14/h11-13,16H,3-10,14-15H2,1-2H3. The van der Waals surface area contributed by atoms with Crippen LogP contribution in [0.5, 0.6) is 0 Å². The number of nitrogens with two attached hydrogens (primary N) is 2. The molecular formula is C13H30N4. The molecule has 1 rings (SSSR count). The fraction of sp³-hybridized carbons (Fsp3) is 1.00. The summed E-state index contributed by atoms with van der Waals surface area (Å²) in [4.78, 5) is 2.44. The van der Waals surface area contributed by atoms with Crippen molar-refractivity contribution in [3.05, 3.63) is 0 Å². The van der Waals surface area contributed by atoms with E-state index >= 15 is 0 Å². The molecule has 1 fully saturated rings. The first-order chi connectivity index (χ1) is 8.22. The Morgan fingerprint density at radius 1 is 1.35 bits per heavy atom. The van der Waals surface area contributed by atoms with Gasteiger partial charge in [0.25, 0.3) is 0 Å². The Balaban J connectivity index is 2.36. The molecule has 0 bridgehead atoms. The van der Waals surface area contributed by atoms with Gasteiger partial charge in [-0.15, -0.1) is 0 Å². The van der Waals surface area contributed by atoms with E-state index in [2.05, 4.69) is 24.1 Å². The Morgan fingerprint density at radius 3 is 2.65 bits per heavy atom. The Kier molecular flexibility index (Phi) is 7.04. The molecule has 102 valence electrons. The SMILES string of the molecule is CCN(CC)CCC(N)C1CNCCC1CN. The second-order valence-electron chi connectivity index (χ2n) is 5.13. The molecule has 0 radical (unpaired) electrons. The Bertz CT molecular complexity index is 194. The van der Waals surface area contributed by atoms with Gasteiger partial charge in [-0.2, -0.15) is 0 Å². The molecule has 1 aliphatic heterocycles. The fourth-order valence-corrected chi connectivity index (χ4v) is 2.82. The van der Waals surface area contributed by atoms with Gasteiger partial charge in [0.15, 0.2) is 0 Å². The summed E-state index contributed by atoms with van der Waals surface area (Å²) in [5.74, 6) is 1.17. The van der Waals surface area contributed by atoms with Crippen LogP contribution in [-0.2, 0) is 0 Å². The van der Waals surface area contributed by atoms with Gasteiger partial charge in [-0.05, 0) is 63.9 Å². The Labute approximate surface area is 106 Å². The normalized spacial score (nSPS) is 27.4. The summed E-state index contributed by atoms with van der Waals surface area (Å²) in [6.45, 7) is 10.7. The molecule has 1 aliphatic rings. The van der Waals surface area contributed by atoms with E-state index in [4.69, 9.17) is 11.5 Å². The average Bonchev–Trinajstić information content (AvgIpc) is 2.39. The van der Waals surface area contributed by atoms with Crippen LogP contribution < -0.4 is 16.8 Å². The zero-order valence-electron chi connectivity index (χ0n) is 11.5. The van der Waals surface area contributed by atoms with E-state index in [1.54, 1.807) is 0 Å². The van der Waals surface area contributed by atoms with E-state index < -0.39 is 0 Å². The maximum atomic E-state index is 6.35. The van der Waals surface area contributed by atoms with Gasteiger partial charge in [-0.3, -0.25) is 0 Å². The molecule has 0 aromatic carbocycles. The van der Waals surface area contributed by atoms with Gasteiger partial charge >= 0.3 is 0 Å². The molecular weight excluding hydrogens is 212 g/mol. The zero-order chi connectivity index (χ0) is 12.7. The Hall–Kier alpha value is -0.160. The number of piperidine rings is 1. The largest absolute Gasteiger partial charge is 0.330 e. The lowest BCUT2D eigenvalue weighted by Gasteiger charge is -2.36. The van der Waals surface area contributed by atoms with Gasteiger partial charge < -0.3 is 21.7 Å². The summed E-state index contributed by atoms with van der Waals surface area (Å²) in [5, 5.41) is 3.45. The van der Waals surface area contributed by atoms with Crippen molar-refractivity contribution in [2.45, 2.75) is 32.7 Å². The molecule has 17 heavy (non-hydrogen) atoms. The van der Waals surface area contributed by atoms with Gasteiger partial charge in [0.1, 0.15) is 0 Å². The molecule has 0 amide bonds. The second kappa shape index (κ2) is 8.03. The van der Waals surface area contributed by atoms with Crippen LogP contribution in [0.1, 0.15) is 26.7 Å². The summed E-state index contributed by atoms with van der Waals surface area (Å²) in [5.41, 5.74) is 12.2. The van der Waals surface area contributed by atoms with Crippen LogP contribution in [0.3, 0.4) is 0 Å². The van der Waals surface area contributed by atoms with E-state index in [0.717, 1.165) is 45.7 Å². The van der Waals surface area contributed by atoms with E-state index in [0.29, 0.717) is 11.8 Å². The molecule has 3 atom stereocenters. The molecule has 0 spiro atoms. The molecule has 5 N–H and O–H groups in total. The topological polar surface area (TPSA) is 67.3 Å². The van der Waals surface area contributed by atoms with Crippen molar-refractivity contribution in [2.75, 3.05) is 39.3 Å². The van der Waals surface area contributed by atoms with Crippen molar-refractivity contribution >= 4 is 0 Å². The summed E-state index contributed by atoms with van der Waals surface area (Å²) < 4.78 is 0. The van der Waals surface area contributed by atoms with Gasteiger partial charge in [-0.25, -0.2) is 0 Å². The van der Waals surface area contributed by atoms with Crippen LogP contribution in [0.15, 0.2) is 0 Å².